The number of fused-ring (bicyclic) bond motifs is 1. The highest BCUT2D eigenvalue weighted by atomic mass is 16.2. The molecule has 5 nitrogen and oxygen atoms in total. The number of hydrogen-bond acceptors (Lipinski definition) is 2. The van der Waals surface area contributed by atoms with Crippen LogP contribution in [0, 0.1) is 0 Å². The van der Waals surface area contributed by atoms with Gasteiger partial charge in [0, 0.05) is 30.2 Å². The number of amides is 2. The van der Waals surface area contributed by atoms with Gasteiger partial charge >= 0.3 is 0 Å². The lowest BCUT2D eigenvalue weighted by atomic mass is 10.1. The summed E-state index contributed by atoms with van der Waals surface area (Å²) in [6, 6.07) is 7.64. The van der Waals surface area contributed by atoms with Crippen molar-refractivity contribution in [2.75, 3.05) is 19.6 Å². The van der Waals surface area contributed by atoms with E-state index in [-0.39, 0.29) is 18.4 Å². The third-order valence-corrected chi connectivity index (χ3v) is 3.20. The number of H-pyrrole nitrogens is 1. The van der Waals surface area contributed by atoms with Crippen LogP contribution in [0.5, 0.6) is 0 Å². The highest BCUT2D eigenvalue weighted by Gasteiger charge is 2.19. The molecule has 0 aliphatic carbocycles. The Bertz CT molecular complexity index is 618. The van der Waals surface area contributed by atoms with Gasteiger partial charge in [-0.05, 0) is 19.9 Å². The maximum absolute atomic E-state index is 12.5. The van der Waals surface area contributed by atoms with Gasteiger partial charge in [-0.15, -0.1) is 0 Å². The summed E-state index contributed by atoms with van der Waals surface area (Å²) in [7, 11) is 0. The summed E-state index contributed by atoms with van der Waals surface area (Å²) in [6.07, 6.45) is 1.70. The molecule has 2 rings (SSSR count). The Hall–Kier alpha value is -2.30. The van der Waals surface area contributed by atoms with E-state index >= 15 is 0 Å². The molecule has 20 heavy (non-hydrogen) atoms. The first-order valence-electron chi connectivity index (χ1n) is 6.79. The molecule has 1 heterocycles. The smallest absolute Gasteiger partial charge is 0.256 e. The molecule has 1 aromatic heterocycles. The number of nitrogens with one attached hydrogen (secondary N) is 2. The van der Waals surface area contributed by atoms with Crippen LogP contribution in [0.4, 0.5) is 0 Å². The van der Waals surface area contributed by atoms with Crippen molar-refractivity contribution in [3.8, 4) is 0 Å². The number of carbonyl (C=O) groups excluding carboxylic acids is 2. The Morgan fingerprint density at radius 1 is 1.25 bits per heavy atom. The molecule has 0 bridgehead atoms. The molecule has 0 aliphatic heterocycles. The monoisotopic (exact) mass is 273 g/mol. The largest absolute Gasteiger partial charge is 0.360 e. The quantitative estimate of drug-likeness (QED) is 0.872. The third-order valence-electron chi connectivity index (χ3n) is 3.20. The van der Waals surface area contributed by atoms with Crippen molar-refractivity contribution in [1.82, 2.24) is 15.2 Å². The predicted molar refractivity (Wildman–Crippen MR) is 78.6 cm³/mol. The zero-order valence-corrected chi connectivity index (χ0v) is 11.8. The topological polar surface area (TPSA) is 65.2 Å². The van der Waals surface area contributed by atoms with Crippen LogP contribution in [0.25, 0.3) is 10.9 Å². The Balaban J connectivity index is 2.22. The molecule has 2 N–H and O–H groups in total. The van der Waals surface area contributed by atoms with E-state index in [4.69, 9.17) is 0 Å². The van der Waals surface area contributed by atoms with Gasteiger partial charge in [0.05, 0.1) is 12.1 Å². The Kier molecular flexibility index (Phi) is 4.40. The fraction of sp³-hybridized carbons (Fsp3) is 0.333. The molecule has 0 spiro atoms. The summed E-state index contributed by atoms with van der Waals surface area (Å²) in [5, 5.41) is 3.59. The minimum Gasteiger partial charge on any atom is -0.360 e. The first kappa shape index (κ1) is 14.1. The average Bonchev–Trinajstić information content (AvgIpc) is 2.88. The number of aromatic nitrogens is 1. The van der Waals surface area contributed by atoms with Gasteiger partial charge in [0.2, 0.25) is 5.91 Å². The fourth-order valence-electron chi connectivity index (χ4n) is 2.17. The summed E-state index contributed by atoms with van der Waals surface area (Å²) in [4.78, 5) is 28.8. The Labute approximate surface area is 118 Å². The van der Waals surface area contributed by atoms with Crippen molar-refractivity contribution < 1.29 is 9.59 Å². The number of aromatic amines is 1. The number of likely N-dealkylation sites (N-methyl/N-ethyl adjacent to an activating group) is 2. The number of benzene rings is 1. The van der Waals surface area contributed by atoms with Crippen LogP contribution in [-0.4, -0.2) is 41.3 Å². The normalized spacial score (nSPS) is 10.5. The summed E-state index contributed by atoms with van der Waals surface area (Å²) in [6.45, 7) is 4.87. The lowest BCUT2D eigenvalue weighted by molar-refractivity contribution is -0.121. The van der Waals surface area contributed by atoms with E-state index in [1.54, 1.807) is 11.1 Å². The Morgan fingerprint density at radius 3 is 2.70 bits per heavy atom. The van der Waals surface area contributed by atoms with Gasteiger partial charge in [0.25, 0.3) is 5.91 Å². The van der Waals surface area contributed by atoms with Crippen LogP contribution < -0.4 is 5.32 Å². The van der Waals surface area contributed by atoms with E-state index in [2.05, 4.69) is 10.3 Å². The van der Waals surface area contributed by atoms with Gasteiger partial charge < -0.3 is 15.2 Å². The van der Waals surface area contributed by atoms with Crippen LogP contribution in [0.3, 0.4) is 0 Å². The van der Waals surface area contributed by atoms with Gasteiger partial charge in [0.1, 0.15) is 0 Å². The molecule has 0 fully saturated rings. The minimum absolute atomic E-state index is 0.0860. The molecule has 0 aliphatic rings. The number of hydrogen-bond donors (Lipinski definition) is 2. The van der Waals surface area contributed by atoms with Gasteiger partial charge in [-0.3, -0.25) is 9.59 Å². The zero-order valence-electron chi connectivity index (χ0n) is 11.8. The van der Waals surface area contributed by atoms with Crippen molar-refractivity contribution in [3.63, 3.8) is 0 Å². The molecule has 0 unspecified atom stereocenters. The third kappa shape index (κ3) is 2.82. The lowest BCUT2D eigenvalue weighted by Crippen LogP contribution is -2.40. The second-order valence-corrected chi connectivity index (χ2v) is 4.52. The van der Waals surface area contributed by atoms with Crippen LogP contribution in [-0.2, 0) is 4.79 Å². The summed E-state index contributed by atoms with van der Waals surface area (Å²) >= 11 is 0. The van der Waals surface area contributed by atoms with E-state index in [0.717, 1.165) is 10.9 Å². The van der Waals surface area contributed by atoms with Crippen molar-refractivity contribution >= 4 is 22.7 Å². The van der Waals surface area contributed by atoms with E-state index < -0.39 is 0 Å². The van der Waals surface area contributed by atoms with Crippen molar-refractivity contribution in [3.05, 3.63) is 36.0 Å². The standard InChI is InChI=1S/C15H19N3O2/c1-3-16-14(19)10-18(4-2)15(20)12-9-17-13-8-6-5-7-11(12)13/h5-9,17H,3-4,10H2,1-2H3,(H,16,19). The molecule has 0 saturated heterocycles. The molecular formula is C15H19N3O2. The summed E-state index contributed by atoms with van der Waals surface area (Å²) in [5.74, 6) is -0.265. The van der Waals surface area contributed by atoms with E-state index in [1.807, 2.05) is 38.1 Å². The van der Waals surface area contributed by atoms with E-state index in [0.29, 0.717) is 18.7 Å². The van der Waals surface area contributed by atoms with Gasteiger partial charge in [-0.1, -0.05) is 18.2 Å². The van der Waals surface area contributed by atoms with E-state index in [9.17, 15) is 9.59 Å². The molecule has 1 aromatic carbocycles. The first-order chi connectivity index (χ1) is 9.67. The predicted octanol–water partition coefficient (Wildman–Crippen LogP) is 1.77. The maximum atomic E-state index is 12.5. The summed E-state index contributed by atoms with van der Waals surface area (Å²) < 4.78 is 0. The molecule has 2 aromatic rings. The average molecular weight is 273 g/mol. The second kappa shape index (κ2) is 6.23. The summed E-state index contributed by atoms with van der Waals surface area (Å²) in [5.41, 5.74) is 1.52. The van der Waals surface area contributed by atoms with Crippen molar-refractivity contribution in [2.24, 2.45) is 0 Å². The molecule has 5 heteroatoms. The molecular weight excluding hydrogens is 254 g/mol. The van der Waals surface area contributed by atoms with Crippen LogP contribution in [0.1, 0.15) is 24.2 Å². The van der Waals surface area contributed by atoms with Gasteiger partial charge in [0.15, 0.2) is 0 Å². The first-order valence-corrected chi connectivity index (χ1v) is 6.79. The van der Waals surface area contributed by atoms with Crippen molar-refractivity contribution in [1.29, 1.82) is 0 Å². The minimum atomic E-state index is -0.137. The molecule has 0 saturated carbocycles. The molecule has 0 radical (unpaired) electrons. The maximum Gasteiger partial charge on any atom is 0.256 e. The number of carbonyl (C=O) groups is 2. The highest BCUT2D eigenvalue weighted by molar-refractivity contribution is 6.07. The van der Waals surface area contributed by atoms with Crippen LogP contribution >= 0.6 is 0 Å². The van der Waals surface area contributed by atoms with Crippen LogP contribution in [0.2, 0.25) is 0 Å². The van der Waals surface area contributed by atoms with E-state index in [1.165, 1.54) is 0 Å². The van der Waals surface area contributed by atoms with Gasteiger partial charge in [-0.2, -0.15) is 0 Å². The Morgan fingerprint density at radius 2 is 2.00 bits per heavy atom. The molecule has 0 atom stereocenters. The van der Waals surface area contributed by atoms with Gasteiger partial charge in [-0.25, -0.2) is 0 Å². The zero-order chi connectivity index (χ0) is 14.5. The SMILES string of the molecule is CCNC(=O)CN(CC)C(=O)c1c[nH]c2ccccc12. The number of nitrogens with zero attached hydrogens (tertiary/aromatic N) is 1. The number of para-hydroxylation sites is 1. The second-order valence-electron chi connectivity index (χ2n) is 4.52. The van der Waals surface area contributed by atoms with Crippen LogP contribution in [0.15, 0.2) is 30.5 Å². The molecule has 106 valence electrons. The van der Waals surface area contributed by atoms with Crippen molar-refractivity contribution in [2.45, 2.75) is 13.8 Å². The molecule has 2 amide bonds. The highest BCUT2D eigenvalue weighted by Crippen LogP contribution is 2.19. The lowest BCUT2D eigenvalue weighted by Gasteiger charge is -2.19. The number of rotatable bonds is 5. The fourth-order valence-corrected chi connectivity index (χ4v) is 2.17.